The molecule has 0 aliphatic rings. The highest BCUT2D eigenvalue weighted by atomic mass is 16.5. The summed E-state index contributed by atoms with van der Waals surface area (Å²) in [5.41, 5.74) is 3.31. The van der Waals surface area contributed by atoms with Crippen LogP contribution in [0.5, 0.6) is 5.88 Å². The number of aryl methyl sites for hydroxylation is 1. The van der Waals surface area contributed by atoms with E-state index in [0.29, 0.717) is 12.5 Å². The minimum atomic E-state index is 0.552. The number of aromatic nitrogens is 1. The van der Waals surface area contributed by atoms with Crippen molar-refractivity contribution < 1.29 is 4.74 Å². The van der Waals surface area contributed by atoms with Gasteiger partial charge in [-0.2, -0.15) is 0 Å². The number of pyridine rings is 1. The molecule has 3 nitrogen and oxygen atoms in total. The molecule has 1 aromatic heterocycles. The Morgan fingerprint density at radius 1 is 1.11 bits per heavy atom. The van der Waals surface area contributed by atoms with Crippen LogP contribution in [-0.4, -0.2) is 12.0 Å². The number of hydrogen-bond donors (Lipinski definition) is 1. The molecule has 0 unspecified atom stereocenters. The van der Waals surface area contributed by atoms with Crippen LogP contribution in [0.4, 0.5) is 0 Å². The predicted octanol–water partition coefficient (Wildman–Crippen LogP) is 2.69. The van der Waals surface area contributed by atoms with E-state index in [1.54, 1.807) is 0 Å². The molecule has 0 radical (unpaired) electrons. The van der Waals surface area contributed by atoms with Crippen molar-refractivity contribution in [1.82, 2.24) is 10.3 Å². The molecule has 2 aromatic rings. The van der Waals surface area contributed by atoms with Gasteiger partial charge in [-0.1, -0.05) is 30.3 Å². The van der Waals surface area contributed by atoms with Crippen LogP contribution in [0, 0.1) is 6.92 Å². The smallest absolute Gasteiger partial charge is 0.214 e. The van der Waals surface area contributed by atoms with Crippen LogP contribution in [-0.2, 0) is 13.2 Å². The zero-order chi connectivity index (χ0) is 12.8. The van der Waals surface area contributed by atoms with Crippen LogP contribution in [0.25, 0.3) is 0 Å². The molecule has 0 amide bonds. The topological polar surface area (TPSA) is 34.2 Å². The summed E-state index contributed by atoms with van der Waals surface area (Å²) in [6.07, 6.45) is 0. The molecule has 0 aliphatic carbocycles. The summed E-state index contributed by atoms with van der Waals surface area (Å²) in [6, 6.07) is 14.1. The first-order valence-electron chi connectivity index (χ1n) is 6.07. The first-order chi connectivity index (χ1) is 8.78. The first kappa shape index (κ1) is 12.6. The van der Waals surface area contributed by atoms with Gasteiger partial charge in [0.1, 0.15) is 6.61 Å². The highest BCUT2D eigenvalue weighted by molar-refractivity contribution is 5.25. The first-order valence-corrected chi connectivity index (χ1v) is 6.07. The molecule has 1 heterocycles. The second-order valence-electron chi connectivity index (χ2n) is 4.26. The molecule has 0 saturated heterocycles. The predicted molar refractivity (Wildman–Crippen MR) is 72.5 cm³/mol. The van der Waals surface area contributed by atoms with Crippen molar-refractivity contribution in [2.75, 3.05) is 7.05 Å². The normalized spacial score (nSPS) is 10.3. The van der Waals surface area contributed by atoms with Gasteiger partial charge in [0.15, 0.2) is 0 Å². The summed E-state index contributed by atoms with van der Waals surface area (Å²) in [5.74, 6) is 0.684. The standard InChI is InChI=1S/C15H18N2O/c1-12-8-14(10-16-2)9-15(17-12)18-11-13-6-4-3-5-7-13/h3-9,16H,10-11H2,1-2H3. The van der Waals surface area contributed by atoms with E-state index < -0.39 is 0 Å². The largest absolute Gasteiger partial charge is 0.473 e. The van der Waals surface area contributed by atoms with Crippen LogP contribution in [0.1, 0.15) is 16.8 Å². The van der Waals surface area contributed by atoms with Crippen LogP contribution in [0.3, 0.4) is 0 Å². The monoisotopic (exact) mass is 242 g/mol. The zero-order valence-electron chi connectivity index (χ0n) is 10.8. The summed E-state index contributed by atoms with van der Waals surface area (Å²) in [7, 11) is 1.93. The van der Waals surface area contributed by atoms with Crippen LogP contribution < -0.4 is 10.1 Å². The van der Waals surface area contributed by atoms with E-state index >= 15 is 0 Å². The molecule has 1 N–H and O–H groups in total. The molecule has 0 aliphatic heterocycles. The highest BCUT2D eigenvalue weighted by Gasteiger charge is 2.01. The summed E-state index contributed by atoms with van der Waals surface area (Å²) < 4.78 is 5.72. The van der Waals surface area contributed by atoms with E-state index in [1.807, 2.05) is 50.4 Å². The van der Waals surface area contributed by atoms with Gasteiger partial charge >= 0.3 is 0 Å². The lowest BCUT2D eigenvalue weighted by atomic mass is 10.2. The van der Waals surface area contributed by atoms with E-state index in [4.69, 9.17) is 4.74 Å². The Balaban J connectivity index is 2.05. The average Bonchev–Trinajstić information content (AvgIpc) is 2.37. The van der Waals surface area contributed by atoms with Gasteiger partial charge < -0.3 is 10.1 Å². The summed E-state index contributed by atoms with van der Waals surface area (Å²) >= 11 is 0. The Kier molecular flexibility index (Phi) is 4.31. The van der Waals surface area contributed by atoms with E-state index in [0.717, 1.165) is 17.8 Å². The van der Waals surface area contributed by atoms with Gasteiger partial charge in [0.2, 0.25) is 5.88 Å². The highest BCUT2D eigenvalue weighted by Crippen LogP contribution is 2.14. The lowest BCUT2D eigenvalue weighted by Crippen LogP contribution is -2.06. The third-order valence-electron chi connectivity index (χ3n) is 2.60. The van der Waals surface area contributed by atoms with Gasteiger partial charge in [-0.15, -0.1) is 0 Å². The second-order valence-corrected chi connectivity index (χ2v) is 4.26. The molecule has 94 valence electrons. The van der Waals surface area contributed by atoms with E-state index in [9.17, 15) is 0 Å². The van der Waals surface area contributed by atoms with Crippen molar-refractivity contribution in [2.45, 2.75) is 20.1 Å². The van der Waals surface area contributed by atoms with Crippen molar-refractivity contribution in [2.24, 2.45) is 0 Å². The molecule has 0 saturated carbocycles. The summed E-state index contributed by atoms with van der Waals surface area (Å²) in [5, 5.41) is 3.13. The molecule has 0 bridgehead atoms. The summed E-state index contributed by atoms with van der Waals surface area (Å²) in [4.78, 5) is 4.38. The third kappa shape index (κ3) is 3.57. The maximum absolute atomic E-state index is 5.72. The molecule has 0 fully saturated rings. The van der Waals surface area contributed by atoms with Gasteiger partial charge in [0, 0.05) is 18.3 Å². The van der Waals surface area contributed by atoms with Gasteiger partial charge in [-0.25, -0.2) is 4.98 Å². The molecular formula is C15H18N2O. The van der Waals surface area contributed by atoms with Crippen molar-refractivity contribution in [3.63, 3.8) is 0 Å². The fraction of sp³-hybridized carbons (Fsp3) is 0.267. The third-order valence-corrected chi connectivity index (χ3v) is 2.60. The zero-order valence-corrected chi connectivity index (χ0v) is 10.8. The Morgan fingerprint density at radius 3 is 2.61 bits per heavy atom. The van der Waals surface area contributed by atoms with Crippen LogP contribution in [0.2, 0.25) is 0 Å². The van der Waals surface area contributed by atoms with E-state index in [1.165, 1.54) is 5.56 Å². The number of nitrogens with one attached hydrogen (secondary N) is 1. The van der Waals surface area contributed by atoms with Gasteiger partial charge in [-0.3, -0.25) is 0 Å². The molecule has 0 spiro atoms. The van der Waals surface area contributed by atoms with Crippen molar-refractivity contribution in [1.29, 1.82) is 0 Å². The minimum absolute atomic E-state index is 0.552. The van der Waals surface area contributed by atoms with Gasteiger partial charge in [-0.05, 0) is 31.2 Å². The number of hydrogen-bond acceptors (Lipinski definition) is 3. The van der Waals surface area contributed by atoms with E-state index in [-0.39, 0.29) is 0 Å². The van der Waals surface area contributed by atoms with Crippen molar-refractivity contribution in [3.8, 4) is 5.88 Å². The Morgan fingerprint density at radius 2 is 1.89 bits per heavy atom. The number of benzene rings is 1. The molecule has 1 aromatic carbocycles. The average molecular weight is 242 g/mol. The molecule has 18 heavy (non-hydrogen) atoms. The lowest BCUT2D eigenvalue weighted by Gasteiger charge is -2.08. The second kappa shape index (κ2) is 6.17. The quantitative estimate of drug-likeness (QED) is 0.875. The maximum Gasteiger partial charge on any atom is 0.214 e. The SMILES string of the molecule is CNCc1cc(C)nc(OCc2ccccc2)c1. The Bertz CT molecular complexity index is 497. The van der Waals surface area contributed by atoms with Gasteiger partial charge in [0.05, 0.1) is 0 Å². The van der Waals surface area contributed by atoms with E-state index in [2.05, 4.69) is 16.4 Å². The van der Waals surface area contributed by atoms with Crippen LogP contribution >= 0.6 is 0 Å². The number of ether oxygens (including phenoxy) is 1. The van der Waals surface area contributed by atoms with Crippen molar-refractivity contribution >= 4 is 0 Å². The van der Waals surface area contributed by atoms with Gasteiger partial charge in [0.25, 0.3) is 0 Å². The van der Waals surface area contributed by atoms with Crippen molar-refractivity contribution in [3.05, 3.63) is 59.3 Å². The molecular weight excluding hydrogens is 224 g/mol. The molecule has 3 heteroatoms. The fourth-order valence-electron chi connectivity index (χ4n) is 1.82. The minimum Gasteiger partial charge on any atom is -0.473 e. The molecule has 2 rings (SSSR count). The molecule has 0 atom stereocenters. The summed E-state index contributed by atoms with van der Waals surface area (Å²) in [6.45, 7) is 3.36. The Hall–Kier alpha value is -1.87. The Labute approximate surface area is 108 Å². The maximum atomic E-state index is 5.72. The fourth-order valence-corrected chi connectivity index (χ4v) is 1.82. The number of rotatable bonds is 5. The lowest BCUT2D eigenvalue weighted by molar-refractivity contribution is 0.293. The van der Waals surface area contributed by atoms with Crippen LogP contribution in [0.15, 0.2) is 42.5 Å². The number of nitrogens with zero attached hydrogens (tertiary/aromatic N) is 1.